The zero-order valence-corrected chi connectivity index (χ0v) is 11.3. The van der Waals surface area contributed by atoms with Crippen LogP contribution in [0.1, 0.15) is 24.2 Å². The summed E-state index contributed by atoms with van der Waals surface area (Å²) in [7, 11) is 0. The third kappa shape index (κ3) is 5.72. The van der Waals surface area contributed by atoms with Crippen molar-refractivity contribution in [1.82, 2.24) is 5.32 Å². The molecule has 0 aromatic heterocycles. The molecule has 0 aliphatic heterocycles. The lowest BCUT2D eigenvalue weighted by molar-refractivity contribution is 0.0801. The van der Waals surface area contributed by atoms with Gasteiger partial charge in [-0.1, -0.05) is 19.9 Å². The van der Waals surface area contributed by atoms with Crippen molar-refractivity contribution in [2.75, 3.05) is 19.8 Å². The maximum atomic E-state index is 11.8. The quantitative estimate of drug-likeness (QED) is 0.683. The van der Waals surface area contributed by atoms with E-state index in [1.165, 1.54) is 0 Å². The van der Waals surface area contributed by atoms with Crippen LogP contribution in [0.4, 0.5) is 0 Å². The van der Waals surface area contributed by atoms with Crippen molar-refractivity contribution < 1.29 is 19.7 Å². The Bertz CT molecular complexity index is 406. The van der Waals surface area contributed by atoms with Gasteiger partial charge in [-0.3, -0.25) is 4.79 Å². The number of aliphatic hydroxyl groups is 2. The number of rotatable bonds is 7. The number of hydrogen-bond donors (Lipinski definition) is 3. The van der Waals surface area contributed by atoms with Gasteiger partial charge in [0, 0.05) is 12.1 Å². The summed E-state index contributed by atoms with van der Waals surface area (Å²) in [6.07, 6.45) is -0.940. The van der Waals surface area contributed by atoms with Gasteiger partial charge >= 0.3 is 0 Å². The molecule has 0 spiro atoms. The third-order valence-electron chi connectivity index (χ3n) is 2.39. The SMILES string of the molecule is CC(C)COc1cccc(C(=O)NCC(O)CO)c1. The van der Waals surface area contributed by atoms with Crippen molar-refractivity contribution in [2.24, 2.45) is 5.92 Å². The van der Waals surface area contributed by atoms with Crippen LogP contribution in [0.2, 0.25) is 0 Å². The third-order valence-corrected chi connectivity index (χ3v) is 2.39. The van der Waals surface area contributed by atoms with Gasteiger partial charge in [0.15, 0.2) is 0 Å². The molecule has 0 bridgehead atoms. The van der Waals surface area contributed by atoms with Crippen LogP contribution in [0, 0.1) is 5.92 Å². The number of ether oxygens (including phenoxy) is 1. The minimum atomic E-state index is -0.940. The van der Waals surface area contributed by atoms with Crippen LogP contribution in [-0.4, -0.2) is 42.0 Å². The van der Waals surface area contributed by atoms with Crippen LogP contribution in [-0.2, 0) is 0 Å². The van der Waals surface area contributed by atoms with Crippen LogP contribution in [0.25, 0.3) is 0 Å². The molecule has 1 unspecified atom stereocenters. The van der Waals surface area contributed by atoms with E-state index in [0.717, 1.165) is 0 Å². The Hall–Kier alpha value is -1.59. The van der Waals surface area contributed by atoms with Crippen molar-refractivity contribution in [1.29, 1.82) is 0 Å². The topological polar surface area (TPSA) is 78.8 Å². The highest BCUT2D eigenvalue weighted by Crippen LogP contribution is 2.14. The Balaban J connectivity index is 2.57. The number of hydrogen-bond acceptors (Lipinski definition) is 4. The van der Waals surface area contributed by atoms with Crippen LogP contribution in [0.15, 0.2) is 24.3 Å². The smallest absolute Gasteiger partial charge is 0.251 e. The molecule has 106 valence electrons. The molecule has 3 N–H and O–H groups in total. The van der Waals surface area contributed by atoms with E-state index in [9.17, 15) is 4.79 Å². The number of aliphatic hydroxyl groups excluding tert-OH is 2. The monoisotopic (exact) mass is 267 g/mol. The Morgan fingerprint density at radius 3 is 2.79 bits per heavy atom. The first-order chi connectivity index (χ1) is 9.02. The van der Waals surface area contributed by atoms with Crippen LogP contribution in [0.3, 0.4) is 0 Å². The number of amides is 1. The molecular formula is C14H21NO4. The minimum absolute atomic E-state index is 0.0203. The Labute approximate surface area is 113 Å². The zero-order valence-electron chi connectivity index (χ0n) is 11.3. The lowest BCUT2D eigenvalue weighted by Gasteiger charge is -2.11. The van der Waals surface area contributed by atoms with Crippen molar-refractivity contribution >= 4 is 5.91 Å². The fraction of sp³-hybridized carbons (Fsp3) is 0.500. The summed E-state index contributed by atoms with van der Waals surface area (Å²) >= 11 is 0. The van der Waals surface area contributed by atoms with Crippen molar-refractivity contribution in [2.45, 2.75) is 20.0 Å². The van der Waals surface area contributed by atoms with Crippen molar-refractivity contribution in [3.8, 4) is 5.75 Å². The van der Waals surface area contributed by atoms with Gasteiger partial charge in [-0.05, 0) is 24.1 Å². The first-order valence-electron chi connectivity index (χ1n) is 6.33. The molecule has 0 aliphatic carbocycles. The second kappa shape index (κ2) is 7.76. The predicted molar refractivity (Wildman–Crippen MR) is 72.2 cm³/mol. The van der Waals surface area contributed by atoms with E-state index >= 15 is 0 Å². The summed E-state index contributed by atoms with van der Waals surface area (Å²) in [5.41, 5.74) is 0.464. The molecule has 1 rings (SSSR count). The van der Waals surface area contributed by atoms with Gasteiger partial charge in [0.2, 0.25) is 0 Å². The second-order valence-electron chi connectivity index (χ2n) is 4.78. The highest BCUT2D eigenvalue weighted by molar-refractivity contribution is 5.94. The molecule has 0 fully saturated rings. The molecular weight excluding hydrogens is 246 g/mol. The molecule has 0 radical (unpaired) electrons. The lowest BCUT2D eigenvalue weighted by Crippen LogP contribution is -2.33. The fourth-order valence-corrected chi connectivity index (χ4v) is 1.37. The molecule has 5 heteroatoms. The molecule has 0 aliphatic rings. The molecule has 0 saturated carbocycles. The summed E-state index contributed by atoms with van der Waals surface area (Å²) in [6, 6.07) is 6.86. The predicted octanol–water partition coefficient (Wildman–Crippen LogP) is 0.804. The van der Waals surface area contributed by atoms with Gasteiger partial charge < -0.3 is 20.3 Å². The second-order valence-corrected chi connectivity index (χ2v) is 4.78. The van der Waals surface area contributed by atoms with Gasteiger partial charge in [0.1, 0.15) is 5.75 Å². The van der Waals surface area contributed by atoms with Crippen LogP contribution < -0.4 is 10.1 Å². The summed E-state index contributed by atoms with van der Waals surface area (Å²) in [6.45, 7) is 4.33. The van der Waals surface area contributed by atoms with E-state index in [0.29, 0.717) is 23.8 Å². The maximum Gasteiger partial charge on any atom is 0.251 e. The summed E-state index contributed by atoms with van der Waals surface area (Å²) in [4.78, 5) is 11.8. The Morgan fingerprint density at radius 1 is 1.42 bits per heavy atom. The highest BCUT2D eigenvalue weighted by Gasteiger charge is 2.09. The van der Waals surface area contributed by atoms with Gasteiger partial charge in [-0.25, -0.2) is 0 Å². The Morgan fingerprint density at radius 2 is 2.16 bits per heavy atom. The first kappa shape index (κ1) is 15.5. The fourth-order valence-electron chi connectivity index (χ4n) is 1.37. The maximum absolute atomic E-state index is 11.8. The van der Waals surface area contributed by atoms with E-state index < -0.39 is 6.10 Å². The number of carbonyl (C=O) groups is 1. The van der Waals surface area contributed by atoms with Gasteiger partial charge in [0.25, 0.3) is 5.91 Å². The molecule has 0 heterocycles. The molecule has 1 atom stereocenters. The van der Waals surface area contributed by atoms with Crippen LogP contribution in [0.5, 0.6) is 5.75 Å². The van der Waals surface area contributed by atoms with Crippen molar-refractivity contribution in [3.05, 3.63) is 29.8 Å². The van der Waals surface area contributed by atoms with Crippen LogP contribution >= 0.6 is 0 Å². The summed E-state index contributed by atoms with van der Waals surface area (Å²) in [5, 5.41) is 20.4. The van der Waals surface area contributed by atoms with Gasteiger partial charge in [0.05, 0.1) is 19.3 Å². The molecule has 0 saturated heterocycles. The van der Waals surface area contributed by atoms with Gasteiger partial charge in [-0.15, -0.1) is 0 Å². The molecule has 1 amide bonds. The summed E-state index contributed by atoms with van der Waals surface area (Å²) in [5.74, 6) is 0.753. The highest BCUT2D eigenvalue weighted by atomic mass is 16.5. The average molecular weight is 267 g/mol. The largest absolute Gasteiger partial charge is 0.493 e. The molecule has 5 nitrogen and oxygen atoms in total. The van der Waals surface area contributed by atoms with Crippen molar-refractivity contribution in [3.63, 3.8) is 0 Å². The van der Waals surface area contributed by atoms with E-state index in [4.69, 9.17) is 14.9 Å². The Kier molecular flexibility index (Phi) is 6.32. The average Bonchev–Trinajstić information content (AvgIpc) is 2.42. The molecule has 1 aromatic carbocycles. The first-order valence-corrected chi connectivity index (χ1v) is 6.33. The van der Waals surface area contributed by atoms with E-state index in [2.05, 4.69) is 5.32 Å². The number of carbonyl (C=O) groups excluding carboxylic acids is 1. The molecule has 19 heavy (non-hydrogen) atoms. The zero-order chi connectivity index (χ0) is 14.3. The standard InChI is InChI=1S/C14H21NO4/c1-10(2)9-19-13-5-3-4-11(6-13)14(18)15-7-12(17)8-16/h3-6,10,12,16-17H,7-9H2,1-2H3,(H,15,18). The van der Waals surface area contributed by atoms with E-state index in [-0.39, 0.29) is 19.1 Å². The van der Waals surface area contributed by atoms with E-state index in [1.807, 2.05) is 13.8 Å². The number of nitrogens with one attached hydrogen (secondary N) is 1. The van der Waals surface area contributed by atoms with E-state index in [1.54, 1.807) is 24.3 Å². The minimum Gasteiger partial charge on any atom is -0.493 e. The van der Waals surface area contributed by atoms with Gasteiger partial charge in [-0.2, -0.15) is 0 Å². The number of benzene rings is 1. The molecule has 1 aromatic rings. The normalized spacial score (nSPS) is 12.3. The lowest BCUT2D eigenvalue weighted by atomic mass is 10.2. The summed E-state index contributed by atoms with van der Waals surface area (Å²) < 4.78 is 5.54.